The summed E-state index contributed by atoms with van der Waals surface area (Å²) in [6.45, 7) is 3.21. The summed E-state index contributed by atoms with van der Waals surface area (Å²) in [4.78, 5) is 27.1. The third kappa shape index (κ3) is 6.18. The van der Waals surface area contributed by atoms with Gasteiger partial charge in [-0.25, -0.2) is 0 Å². The number of carbonyl (C=O) groups excluding carboxylic acids is 2. The van der Waals surface area contributed by atoms with Gasteiger partial charge in [0.15, 0.2) is 0 Å². The minimum atomic E-state index is -0.320. The van der Waals surface area contributed by atoms with Gasteiger partial charge in [-0.3, -0.25) is 14.5 Å². The van der Waals surface area contributed by atoms with Crippen LogP contribution in [0.4, 0.5) is 4.79 Å². The molecule has 4 aromatic rings. The lowest BCUT2D eigenvalue weighted by molar-refractivity contribution is -0.123. The van der Waals surface area contributed by atoms with Gasteiger partial charge in [0, 0.05) is 5.39 Å². The molecule has 1 heterocycles. The highest BCUT2D eigenvalue weighted by molar-refractivity contribution is 8.18. The molecule has 6 nitrogen and oxygen atoms in total. The van der Waals surface area contributed by atoms with Gasteiger partial charge in [0.1, 0.15) is 37.1 Å². The first kappa shape index (κ1) is 25.4. The molecule has 1 aliphatic heterocycles. The summed E-state index contributed by atoms with van der Waals surface area (Å²) in [6, 6.07) is 29.0. The number of aryl methyl sites for hydroxylation is 1. The number of thioether (sulfide) groups is 1. The maximum absolute atomic E-state index is 12.9. The number of nitrogens with zero attached hydrogens (tertiary/aromatic N) is 1. The molecule has 7 heteroatoms. The molecule has 0 atom stereocenters. The first-order valence-electron chi connectivity index (χ1n) is 12.3. The lowest BCUT2D eigenvalue weighted by atomic mass is 10.1. The van der Waals surface area contributed by atoms with E-state index in [0.29, 0.717) is 23.9 Å². The average Bonchev–Trinajstić information content (AvgIpc) is 3.19. The van der Waals surface area contributed by atoms with Crippen molar-refractivity contribution in [1.82, 2.24) is 4.90 Å². The Hall–Kier alpha value is -4.23. The molecule has 2 amide bonds. The molecule has 1 saturated heterocycles. The van der Waals surface area contributed by atoms with Crippen LogP contribution in [0.2, 0.25) is 0 Å². The van der Waals surface area contributed by atoms with Gasteiger partial charge in [0.05, 0.1) is 11.4 Å². The van der Waals surface area contributed by atoms with Crippen molar-refractivity contribution in [2.24, 2.45) is 0 Å². The van der Waals surface area contributed by atoms with E-state index in [4.69, 9.17) is 14.2 Å². The number of carbonyl (C=O) groups is 2. The summed E-state index contributed by atoms with van der Waals surface area (Å²) in [5.41, 5.74) is 1.96. The van der Waals surface area contributed by atoms with E-state index in [2.05, 4.69) is 0 Å². The van der Waals surface area contributed by atoms with Crippen LogP contribution in [0.25, 0.3) is 16.8 Å². The molecule has 5 rings (SSSR count). The number of hydrogen-bond acceptors (Lipinski definition) is 6. The Morgan fingerprint density at radius 1 is 0.763 bits per heavy atom. The predicted molar refractivity (Wildman–Crippen MR) is 151 cm³/mol. The van der Waals surface area contributed by atoms with Crippen LogP contribution in [0, 0.1) is 6.92 Å². The molecule has 1 aliphatic rings. The van der Waals surface area contributed by atoms with Crippen LogP contribution in [0.15, 0.2) is 95.9 Å². The summed E-state index contributed by atoms with van der Waals surface area (Å²) in [5, 5.41) is 1.76. The molecule has 0 aromatic heterocycles. The van der Waals surface area contributed by atoms with E-state index >= 15 is 0 Å². The van der Waals surface area contributed by atoms with Crippen molar-refractivity contribution in [3.63, 3.8) is 0 Å². The van der Waals surface area contributed by atoms with Crippen molar-refractivity contribution < 1.29 is 23.8 Å². The van der Waals surface area contributed by atoms with Crippen LogP contribution in [0.3, 0.4) is 0 Å². The van der Waals surface area contributed by atoms with E-state index < -0.39 is 0 Å². The fourth-order valence-corrected chi connectivity index (χ4v) is 4.93. The first-order chi connectivity index (χ1) is 18.6. The Bertz CT molecular complexity index is 1480. The highest BCUT2D eigenvalue weighted by atomic mass is 32.2. The topological polar surface area (TPSA) is 65.1 Å². The van der Waals surface area contributed by atoms with Crippen LogP contribution in [-0.2, 0) is 4.79 Å². The lowest BCUT2D eigenvalue weighted by Crippen LogP contribution is -2.32. The van der Waals surface area contributed by atoms with Gasteiger partial charge >= 0.3 is 0 Å². The number of ether oxygens (including phenoxy) is 3. The summed E-state index contributed by atoms with van der Waals surface area (Å²) >= 11 is 0.934. The Morgan fingerprint density at radius 3 is 2.34 bits per heavy atom. The number of hydrogen-bond donors (Lipinski definition) is 0. The summed E-state index contributed by atoms with van der Waals surface area (Å²) < 4.78 is 17.4. The fraction of sp³-hybridized carbons (Fsp3) is 0.161. The van der Waals surface area contributed by atoms with Crippen LogP contribution < -0.4 is 14.2 Å². The predicted octanol–water partition coefficient (Wildman–Crippen LogP) is 6.72. The molecule has 0 N–H and O–H groups in total. The Balaban J connectivity index is 1.15. The van der Waals surface area contributed by atoms with Crippen molar-refractivity contribution >= 4 is 39.8 Å². The Kier molecular flexibility index (Phi) is 7.95. The van der Waals surface area contributed by atoms with E-state index in [1.165, 1.54) is 10.5 Å². The molecule has 0 radical (unpaired) electrons. The zero-order valence-electron chi connectivity index (χ0n) is 21.0. The van der Waals surface area contributed by atoms with Crippen LogP contribution in [0.1, 0.15) is 11.1 Å². The Morgan fingerprint density at radius 2 is 1.50 bits per heavy atom. The second kappa shape index (κ2) is 11.9. The monoisotopic (exact) mass is 525 g/mol. The zero-order chi connectivity index (χ0) is 26.3. The number of fused-ring (bicyclic) bond motifs is 1. The molecule has 38 heavy (non-hydrogen) atoms. The molecule has 0 saturated carbocycles. The van der Waals surface area contributed by atoms with Gasteiger partial charge in [0.25, 0.3) is 11.1 Å². The van der Waals surface area contributed by atoms with Crippen molar-refractivity contribution in [1.29, 1.82) is 0 Å². The quantitative estimate of drug-likeness (QED) is 0.169. The molecule has 0 bridgehead atoms. The SMILES string of the molecule is Cc1ccc(OCCOc2cccc(/C=C3\SC(=O)N(CCOc4cccc5ccccc45)C3=O)c2)cc1. The average molecular weight is 526 g/mol. The minimum absolute atomic E-state index is 0.176. The van der Waals surface area contributed by atoms with Gasteiger partial charge in [-0.05, 0) is 66.0 Å². The van der Waals surface area contributed by atoms with E-state index in [1.807, 2.05) is 97.9 Å². The van der Waals surface area contributed by atoms with E-state index in [1.54, 1.807) is 6.08 Å². The van der Waals surface area contributed by atoms with Crippen molar-refractivity contribution in [2.45, 2.75) is 6.92 Å². The van der Waals surface area contributed by atoms with Gasteiger partial charge in [-0.15, -0.1) is 0 Å². The number of imide groups is 1. The van der Waals surface area contributed by atoms with Crippen molar-refractivity contribution in [3.05, 3.63) is 107 Å². The maximum Gasteiger partial charge on any atom is 0.293 e. The van der Waals surface area contributed by atoms with E-state index in [-0.39, 0.29) is 24.3 Å². The second-order valence-corrected chi connectivity index (χ2v) is 9.73. The van der Waals surface area contributed by atoms with Gasteiger partial charge in [-0.2, -0.15) is 0 Å². The van der Waals surface area contributed by atoms with Gasteiger partial charge < -0.3 is 14.2 Å². The summed E-state index contributed by atoms with van der Waals surface area (Å²) in [6.07, 6.45) is 1.71. The molecular weight excluding hydrogens is 498 g/mol. The zero-order valence-corrected chi connectivity index (χ0v) is 21.8. The third-order valence-electron chi connectivity index (χ3n) is 5.99. The smallest absolute Gasteiger partial charge is 0.293 e. The fourth-order valence-electron chi connectivity index (χ4n) is 4.06. The summed E-state index contributed by atoms with van der Waals surface area (Å²) in [5.74, 6) is 1.87. The highest BCUT2D eigenvalue weighted by Crippen LogP contribution is 2.33. The van der Waals surface area contributed by atoms with Crippen LogP contribution in [-0.4, -0.2) is 42.4 Å². The van der Waals surface area contributed by atoms with Crippen LogP contribution >= 0.6 is 11.8 Å². The number of benzene rings is 4. The standard InChI is InChI=1S/C31H27NO5S/c1-22-12-14-25(15-13-22)35-18-19-36-26-9-4-6-23(20-26)21-29-30(33)32(31(34)38-29)16-17-37-28-11-5-8-24-7-2-3-10-27(24)28/h2-15,20-21H,16-19H2,1H3/b29-21-. The number of rotatable bonds is 10. The van der Waals surface area contributed by atoms with E-state index in [0.717, 1.165) is 39.6 Å². The molecule has 192 valence electrons. The van der Waals surface area contributed by atoms with Crippen LogP contribution in [0.5, 0.6) is 17.2 Å². The third-order valence-corrected chi connectivity index (χ3v) is 6.90. The maximum atomic E-state index is 12.9. The first-order valence-corrected chi connectivity index (χ1v) is 13.2. The molecule has 4 aromatic carbocycles. The van der Waals surface area contributed by atoms with Crippen molar-refractivity contribution in [3.8, 4) is 17.2 Å². The highest BCUT2D eigenvalue weighted by Gasteiger charge is 2.34. The summed E-state index contributed by atoms with van der Waals surface area (Å²) in [7, 11) is 0. The number of amides is 2. The van der Waals surface area contributed by atoms with E-state index in [9.17, 15) is 9.59 Å². The molecular formula is C31H27NO5S. The largest absolute Gasteiger partial charge is 0.491 e. The second-order valence-electron chi connectivity index (χ2n) is 8.74. The van der Waals surface area contributed by atoms with Gasteiger partial charge in [-0.1, -0.05) is 66.2 Å². The molecule has 0 aliphatic carbocycles. The normalized spacial score (nSPS) is 14.3. The van der Waals surface area contributed by atoms with Gasteiger partial charge in [0.2, 0.25) is 0 Å². The molecule has 0 unspecified atom stereocenters. The Labute approximate surface area is 225 Å². The molecule has 0 spiro atoms. The minimum Gasteiger partial charge on any atom is -0.491 e. The molecule has 1 fully saturated rings. The lowest BCUT2D eigenvalue weighted by Gasteiger charge is -2.14. The van der Waals surface area contributed by atoms with Crippen molar-refractivity contribution in [2.75, 3.05) is 26.4 Å².